The van der Waals surface area contributed by atoms with Crippen molar-refractivity contribution >= 4 is 20.2 Å². The molecule has 0 aromatic heterocycles. The molecule has 1 unspecified atom stereocenters. The molecule has 0 radical (unpaired) electrons. The second-order valence-electron chi connectivity index (χ2n) is 4.43. The van der Waals surface area contributed by atoms with Gasteiger partial charge in [0.1, 0.15) is 18.5 Å². The van der Waals surface area contributed by atoms with Crippen molar-refractivity contribution in [1.82, 2.24) is 0 Å². The first-order valence-electron chi connectivity index (χ1n) is 6.29. The van der Waals surface area contributed by atoms with Gasteiger partial charge in [0.2, 0.25) is 0 Å². The zero-order valence-corrected chi connectivity index (χ0v) is 14.0. The number of para-hydroxylation sites is 1. The fraction of sp³-hybridized carbons (Fsp3) is 0.455. The van der Waals surface area contributed by atoms with Gasteiger partial charge in [-0.3, -0.25) is 8.37 Å². The molecule has 7 nitrogen and oxygen atoms in total. The fourth-order valence-corrected chi connectivity index (χ4v) is 2.32. The van der Waals surface area contributed by atoms with E-state index in [1.165, 1.54) is 30.3 Å². The first-order chi connectivity index (χ1) is 11.7. The van der Waals surface area contributed by atoms with Crippen molar-refractivity contribution in [3.05, 3.63) is 30.3 Å². The fourth-order valence-electron chi connectivity index (χ4n) is 1.28. The third-order valence-corrected chi connectivity index (χ3v) is 4.52. The van der Waals surface area contributed by atoms with E-state index < -0.39 is 50.6 Å². The lowest BCUT2D eigenvalue weighted by Gasteiger charge is -2.19. The molecule has 1 aromatic carbocycles. The monoisotopic (exact) mass is 432 g/mol. The molecule has 1 atom stereocenters. The molecular formula is C11H10F6O7S2. The average molecular weight is 432 g/mol. The van der Waals surface area contributed by atoms with Gasteiger partial charge in [0.05, 0.1) is 6.61 Å². The summed E-state index contributed by atoms with van der Waals surface area (Å²) < 4.78 is 129. The Labute approximate surface area is 143 Å². The number of hydrogen-bond donors (Lipinski definition) is 0. The maximum Gasteiger partial charge on any atom is 0.523 e. The van der Waals surface area contributed by atoms with Crippen LogP contribution in [-0.4, -0.2) is 47.2 Å². The Morgan fingerprint density at radius 3 is 1.77 bits per heavy atom. The number of rotatable bonds is 8. The highest BCUT2D eigenvalue weighted by molar-refractivity contribution is 7.88. The van der Waals surface area contributed by atoms with Crippen LogP contribution in [0.25, 0.3) is 0 Å². The number of hydrogen-bond acceptors (Lipinski definition) is 7. The second-order valence-corrected chi connectivity index (χ2v) is 7.60. The molecule has 26 heavy (non-hydrogen) atoms. The van der Waals surface area contributed by atoms with Gasteiger partial charge in [-0.25, -0.2) is 0 Å². The van der Waals surface area contributed by atoms with Crippen LogP contribution in [0.2, 0.25) is 0 Å². The highest BCUT2D eigenvalue weighted by atomic mass is 32.2. The maximum atomic E-state index is 12.3. The lowest BCUT2D eigenvalue weighted by atomic mass is 10.3. The van der Waals surface area contributed by atoms with Crippen molar-refractivity contribution in [2.75, 3.05) is 13.2 Å². The Bertz CT molecular complexity index is 787. The first-order valence-corrected chi connectivity index (χ1v) is 9.10. The van der Waals surface area contributed by atoms with E-state index in [4.69, 9.17) is 4.74 Å². The molecule has 0 bridgehead atoms. The van der Waals surface area contributed by atoms with Gasteiger partial charge in [-0.15, -0.1) is 0 Å². The standard InChI is InChI=1S/C11H10F6O7S2/c12-10(13,14)25(18,19)23-7-9(24-26(20,21)11(15,16)17)6-22-8-4-2-1-3-5-8/h1-5,9H,6-7H2. The third kappa shape index (κ3) is 6.30. The van der Waals surface area contributed by atoms with Gasteiger partial charge in [0.15, 0.2) is 0 Å². The normalized spacial score (nSPS) is 14.8. The molecule has 0 amide bonds. The summed E-state index contributed by atoms with van der Waals surface area (Å²) in [7, 11) is -12.4. The summed E-state index contributed by atoms with van der Waals surface area (Å²) in [4.78, 5) is 0. The van der Waals surface area contributed by atoms with Crippen LogP contribution in [-0.2, 0) is 28.6 Å². The van der Waals surface area contributed by atoms with E-state index in [2.05, 4.69) is 8.37 Å². The molecule has 0 saturated carbocycles. The van der Waals surface area contributed by atoms with Gasteiger partial charge in [0.25, 0.3) is 0 Å². The van der Waals surface area contributed by atoms with Gasteiger partial charge in [-0.2, -0.15) is 43.2 Å². The first kappa shape index (κ1) is 22.5. The molecule has 0 fully saturated rings. The molecular weight excluding hydrogens is 422 g/mol. The molecule has 0 N–H and O–H groups in total. The van der Waals surface area contributed by atoms with Crippen LogP contribution in [0.15, 0.2) is 30.3 Å². The number of benzene rings is 1. The summed E-state index contributed by atoms with van der Waals surface area (Å²) in [5, 5.41) is 0. The minimum Gasteiger partial charge on any atom is -0.491 e. The van der Waals surface area contributed by atoms with Gasteiger partial charge in [0, 0.05) is 0 Å². The van der Waals surface area contributed by atoms with Crippen molar-refractivity contribution in [3.8, 4) is 5.75 Å². The van der Waals surface area contributed by atoms with E-state index in [0.29, 0.717) is 0 Å². The lowest BCUT2D eigenvalue weighted by molar-refractivity contribution is -0.0650. The number of alkyl halides is 6. The molecule has 150 valence electrons. The topological polar surface area (TPSA) is 96.0 Å². The largest absolute Gasteiger partial charge is 0.523 e. The zero-order valence-electron chi connectivity index (χ0n) is 12.3. The van der Waals surface area contributed by atoms with Crippen LogP contribution >= 0.6 is 0 Å². The highest BCUT2D eigenvalue weighted by Crippen LogP contribution is 2.28. The SMILES string of the molecule is O=S(=O)(OCC(COc1ccccc1)OS(=O)(=O)C(F)(F)F)C(F)(F)F. The van der Waals surface area contributed by atoms with Crippen molar-refractivity contribution in [2.24, 2.45) is 0 Å². The van der Waals surface area contributed by atoms with Crippen molar-refractivity contribution in [1.29, 1.82) is 0 Å². The second kappa shape index (κ2) is 7.98. The Balaban J connectivity index is 2.91. The summed E-state index contributed by atoms with van der Waals surface area (Å²) >= 11 is 0. The minimum atomic E-state index is -6.24. The third-order valence-electron chi connectivity index (χ3n) is 2.42. The van der Waals surface area contributed by atoms with Gasteiger partial charge in [-0.1, -0.05) is 18.2 Å². The molecule has 0 aliphatic rings. The van der Waals surface area contributed by atoms with E-state index in [9.17, 15) is 43.2 Å². The van der Waals surface area contributed by atoms with Crippen LogP contribution in [0.4, 0.5) is 26.3 Å². The molecule has 0 spiro atoms. The van der Waals surface area contributed by atoms with Crippen LogP contribution in [0.3, 0.4) is 0 Å². The summed E-state index contributed by atoms with van der Waals surface area (Å²) in [6.45, 7) is -2.74. The molecule has 1 aromatic rings. The average Bonchev–Trinajstić information content (AvgIpc) is 2.48. The van der Waals surface area contributed by atoms with Crippen molar-refractivity contribution in [2.45, 2.75) is 17.1 Å². The molecule has 1 rings (SSSR count). The minimum absolute atomic E-state index is 0.00388. The van der Waals surface area contributed by atoms with E-state index in [0.717, 1.165) is 0 Å². The van der Waals surface area contributed by atoms with Crippen LogP contribution in [0.1, 0.15) is 0 Å². The van der Waals surface area contributed by atoms with Gasteiger partial charge in [-0.05, 0) is 12.1 Å². The number of halogens is 6. The highest BCUT2D eigenvalue weighted by Gasteiger charge is 2.50. The predicted octanol–water partition coefficient (Wildman–Crippen LogP) is 2.17. The molecule has 0 saturated heterocycles. The lowest BCUT2D eigenvalue weighted by Crippen LogP contribution is -2.37. The van der Waals surface area contributed by atoms with Crippen molar-refractivity contribution < 1.29 is 56.3 Å². The Morgan fingerprint density at radius 1 is 0.808 bits per heavy atom. The van der Waals surface area contributed by atoms with E-state index in [1.807, 2.05) is 0 Å². The van der Waals surface area contributed by atoms with Gasteiger partial charge >= 0.3 is 31.3 Å². The molecule has 0 aliphatic carbocycles. The number of ether oxygens (including phenoxy) is 1. The summed E-state index contributed by atoms with van der Waals surface area (Å²) in [6, 6.07) is 6.99. The molecule has 0 aliphatic heterocycles. The molecule has 15 heteroatoms. The van der Waals surface area contributed by atoms with E-state index >= 15 is 0 Å². The Kier molecular flexibility index (Phi) is 6.89. The maximum absolute atomic E-state index is 12.3. The van der Waals surface area contributed by atoms with Crippen molar-refractivity contribution in [3.63, 3.8) is 0 Å². The summed E-state index contributed by atoms with van der Waals surface area (Å²) in [6.07, 6.45) is -2.33. The summed E-state index contributed by atoms with van der Waals surface area (Å²) in [5.41, 5.74) is -11.7. The smallest absolute Gasteiger partial charge is 0.491 e. The Morgan fingerprint density at radius 2 is 1.31 bits per heavy atom. The van der Waals surface area contributed by atoms with Crippen LogP contribution in [0, 0.1) is 0 Å². The summed E-state index contributed by atoms with van der Waals surface area (Å²) in [5.74, 6) is 0.00388. The van der Waals surface area contributed by atoms with Gasteiger partial charge < -0.3 is 4.74 Å². The van der Waals surface area contributed by atoms with Crippen LogP contribution < -0.4 is 4.74 Å². The zero-order chi connectivity index (χ0) is 20.2. The molecule has 0 heterocycles. The predicted molar refractivity (Wildman–Crippen MR) is 72.7 cm³/mol. The van der Waals surface area contributed by atoms with E-state index in [-0.39, 0.29) is 5.75 Å². The van der Waals surface area contributed by atoms with Crippen LogP contribution in [0.5, 0.6) is 5.75 Å². The van der Waals surface area contributed by atoms with E-state index in [1.54, 1.807) is 0 Å². The Hall–Kier alpha value is -1.58. The quantitative estimate of drug-likeness (QED) is 0.353.